The number of benzene rings is 2. The summed E-state index contributed by atoms with van der Waals surface area (Å²) >= 11 is 2.87. The molecular weight excluding hydrogens is 653 g/mol. The second kappa shape index (κ2) is 11.8. The van der Waals surface area contributed by atoms with Crippen molar-refractivity contribution in [2.75, 3.05) is 13.7 Å². The highest BCUT2D eigenvalue weighted by atomic mass is 127. The van der Waals surface area contributed by atoms with Crippen molar-refractivity contribution >= 4 is 51.7 Å². The van der Waals surface area contributed by atoms with Gasteiger partial charge in [-0.1, -0.05) is 17.4 Å². The molecular formula is C27H26IN3O8S. The molecule has 2 aromatic carbocycles. The van der Waals surface area contributed by atoms with Crippen LogP contribution < -0.4 is 24.4 Å². The average Bonchev–Trinajstić information content (AvgIpc) is 3.19. The first kappa shape index (κ1) is 29.3. The molecule has 210 valence electrons. The molecule has 0 aliphatic carbocycles. The molecule has 0 fully saturated rings. The van der Waals surface area contributed by atoms with Gasteiger partial charge in [-0.2, -0.15) is 0 Å². The molecule has 0 bridgehead atoms. The summed E-state index contributed by atoms with van der Waals surface area (Å²) in [5.74, 6) is -0.112. The molecule has 0 radical (unpaired) electrons. The van der Waals surface area contributed by atoms with Crippen LogP contribution >= 0.6 is 33.9 Å². The molecule has 1 atom stereocenters. The number of ether oxygens (including phenoxy) is 3. The molecule has 1 aliphatic rings. The van der Waals surface area contributed by atoms with E-state index in [1.165, 1.54) is 29.9 Å². The van der Waals surface area contributed by atoms with Crippen LogP contribution in [0.15, 0.2) is 51.4 Å². The fraction of sp³-hybridized carbons (Fsp3) is 0.296. The molecule has 4 rings (SSSR count). The van der Waals surface area contributed by atoms with Crippen molar-refractivity contribution in [2.45, 2.75) is 39.8 Å². The van der Waals surface area contributed by atoms with Crippen molar-refractivity contribution in [3.05, 3.63) is 86.1 Å². The topological polar surface area (TPSA) is 142 Å². The predicted molar refractivity (Wildman–Crippen MR) is 157 cm³/mol. The maximum Gasteiger partial charge on any atom is 0.338 e. The van der Waals surface area contributed by atoms with Crippen molar-refractivity contribution in [3.63, 3.8) is 0 Å². The molecule has 13 heteroatoms. The fourth-order valence-electron chi connectivity index (χ4n) is 4.29. The SMILES string of the molecule is CCOC(=O)C1=C(C)N=c2s/c(=C\c3cc(I)c(O)c([N+](=O)[O-])c3)c(=O)n2[C@H]1c1ccc(OC(C)C)c(OC)c1. The van der Waals surface area contributed by atoms with Crippen LogP contribution in [0.2, 0.25) is 0 Å². The zero-order valence-corrected chi connectivity index (χ0v) is 25.2. The van der Waals surface area contributed by atoms with E-state index >= 15 is 0 Å². The summed E-state index contributed by atoms with van der Waals surface area (Å²) in [7, 11) is 1.50. The Morgan fingerprint density at radius 3 is 2.65 bits per heavy atom. The number of hydrogen-bond donors (Lipinski definition) is 1. The number of thiazole rings is 1. The summed E-state index contributed by atoms with van der Waals surface area (Å²) < 4.78 is 18.6. The quantitative estimate of drug-likeness (QED) is 0.164. The smallest absolute Gasteiger partial charge is 0.338 e. The second-order valence-electron chi connectivity index (χ2n) is 9.01. The summed E-state index contributed by atoms with van der Waals surface area (Å²) in [6.45, 7) is 7.28. The van der Waals surface area contributed by atoms with Gasteiger partial charge in [-0.25, -0.2) is 9.79 Å². The van der Waals surface area contributed by atoms with E-state index in [1.807, 2.05) is 13.8 Å². The second-order valence-corrected chi connectivity index (χ2v) is 11.2. The van der Waals surface area contributed by atoms with Gasteiger partial charge in [0, 0.05) is 6.07 Å². The van der Waals surface area contributed by atoms with Crippen molar-refractivity contribution in [1.82, 2.24) is 4.57 Å². The Bertz CT molecular complexity index is 1720. The first-order valence-corrected chi connectivity index (χ1v) is 14.1. The number of methoxy groups -OCH3 is 1. The summed E-state index contributed by atoms with van der Waals surface area (Å²) in [5.41, 5.74) is 0.611. The lowest BCUT2D eigenvalue weighted by Crippen LogP contribution is -2.40. The standard InChI is InChI=1S/C27H26IN3O8S/c1-6-38-26(34)22-14(4)29-27-30(23(22)16-7-8-19(39-13(2)3)20(12-16)37-5)25(33)21(40-27)11-15-9-17(28)24(32)18(10-15)31(35)36/h7-13,23,32H,6H2,1-5H3/b21-11-/t23-/m0/s1. The minimum Gasteiger partial charge on any atom is -0.501 e. The predicted octanol–water partition coefficient (Wildman–Crippen LogP) is 3.81. The average molecular weight is 679 g/mol. The van der Waals surface area contributed by atoms with E-state index in [2.05, 4.69) is 4.99 Å². The van der Waals surface area contributed by atoms with Crippen LogP contribution in [0.25, 0.3) is 6.08 Å². The molecule has 0 saturated carbocycles. The number of phenols is 1. The number of carbonyl (C=O) groups excluding carboxylic acids is 1. The van der Waals surface area contributed by atoms with Crippen LogP contribution in [-0.2, 0) is 9.53 Å². The summed E-state index contributed by atoms with van der Waals surface area (Å²) in [4.78, 5) is 42.6. The van der Waals surface area contributed by atoms with E-state index in [0.29, 0.717) is 33.1 Å². The third-order valence-electron chi connectivity index (χ3n) is 5.94. The number of aromatic nitrogens is 1. The Hall–Kier alpha value is -3.72. The number of phenolic OH excluding ortho intramolecular Hbond substituents is 1. The zero-order chi connectivity index (χ0) is 29.3. The number of rotatable bonds is 8. The van der Waals surface area contributed by atoms with Gasteiger partial charge in [0.05, 0.1) is 50.2 Å². The fourth-order valence-corrected chi connectivity index (χ4v) is 5.97. The van der Waals surface area contributed by atoms with E-state index in [-0.39, 0.29) is 26.4 Å². The normalized spacial score (nSPS) is 15.1. The van der Waals surface area contributed by atoms with Gasteiger partial charge in [0.15, 0.2) is 16.3 Å². The van der Waals surface area contributed by atoms with Crippen LogP contribution in [0.5, 0.6) is 17.2 Å². The van der Waals surface area contributed by atoms with E-state index < -0.39 is 33.9 Å². The number of hydrogen-bond acceptors (Lipinski definition) is 10. The Morgan fingerprint density at radius 1 is 1.30 bits per heavy atom. The number of aromatic hydroxyl groups is 1. The van der Waals surface area contributed by atoms with Gasteiger partial charge in [-0.05, 0) is 85.7 Å². The first-order valence-electron chi connectivity index (χ1n) is 12.2. The Labute approximate surface area is 246 Å². The number of esters is 1. The highest BCUT2D eigenvalue weighted by Crippen LogP contribution is 2.37. The Morgan fingerprint density at radius 2 is 2.02 bits per heavy atom. The lowest BCUT2D eigenvalue weighted by molar-refractivity contribution is -0.386. The molecule has 11 nitrogen and oxygen atoms in total. The Kier molecular flexibility index (Phi) is 8.63. The van der Waals surface area contributed by atoms with Gasteiger partial charge in [0.25, 0.3) is 5.56 Å². The van der Waals surface area contributed by atoms with Crippen LogP contribution in [0.1, 0.15) is 44.9 Å². The van der Waals surface area contributed by atoms with E-state index in [4.69, 9.17) is 14.2 Å². The highest BCUT2D eigenvalue weighted by molar-refractivity contribution is 14.1. The lowest BCUT2D eigenvalue weighted by Gasteiger charge is -2.25. The van der Waals surface area contributed by atoms with Crippen molar-refractivity contribution in [1.29, 1.82) is 0 Å². The van der Waals surface area contributed by atoms with Gasteiger partial charge in [0.1, 0.15) is 0 Å². The number of fused-ring (bicyclic) bond motifs is 1. The number of carbonyl (C=O) groups is 1. The van der Waals surface area contributed by atoms with E-state index in [0.717, 1.165) is 11.3 Å². The van der Waals surface area contributed by atoms with Crippen molar-refractivity contribution in [3.8, 4) is 17.2 Å². The summed E-state index contributed by atoms with van der Waals surface area (Å²) in [6, 6.07) is 7.04. The maximum absolute atomic E-state index is 13.8. The third-order valence-corrected chi connectivity index (χ3v) is 7.75. The van der Waals surface area contributed by atoms with Crippen LogP contribution in [0.4, 0.5) is 5.69 Å². The van der Waals surface area contributed by atoms with Crippen molar-refractivity contribution in [2.24, 2.45) is 4.99 Å². The largest absolute Gasteiger partial charge is 0.501 e. The number of nitrogens with zero attached hydrogens (tertiary/aromatic N) is 3. The molecule has 2 heterocycles. The molecule has 0 amide bonds. The van der Waals surface area contributed by atoms with E-state index in [1.54, 1.807) is 54.6 Å². The highest BCUT2D eigenvalue weighted by Gasteiger charge is 2.34. The minimum absolute atomic E-state index is 0.103. The lowest BCUT2D eigenvalue weighted by atomic mass is 9.95. The maximum atomic E-state index is 13.8. The van der Waals surface area contributed by atoms with Gasteiger partial charge >= 0.3 is 11.7 Å². The zero-order valence-electron chi connectivity index (χ0n) is 22.3. The Balaban J connectivity index is 1.96. The van der Waals surface area contributed by atoms with Crippen LogP contribution in [0.3, 0.4) is 0 Å². The van der Waals surface area contributed by atoms with Crippen LogP contribution in [-0.4, -0.2) is 40.4 Å². The molecule has 1 aromatic heterocycles. The third kappa shape index (κ3) is 5.61. The van der Waals surface area contributed by atoms with Crippen molar-refractivity contribution < 1.29 is 29.0 Å². The van der Waals surface area contributed by atoms with Gasteiger partial charge in [0.2, 0.25) is 5.75 Å². The van der Waals surface area contributed by atoms with Gasteiger partial charge < -0.3 is 19.3 Å². The molecule has 3 aromatic rings. The first-order chi connectivity index (χ1) is 19.0. The summed E-state index contributed by atoms with van der Waals surface area (Å²) in [6.07, 6.45) is 1.40. The molecule has 0 unspecified atom stereocenters. The summed E-state index contributed by atoms with van der Waals surface area (Å²) in [5, 5.41) is 21.5. The number of nitro benzene ring substituents is 1. The van der Waals surface area contributed by atoms with E-state index in [9.17, 15) is 24.8 Å². The molecule has 0 spiro atoms. The molecule has 1 N–H and O–H groups in total. The number of allylic oxidation sites excluding steroid dienone is 1. The van der Waals surface area contributed by atoms with Crippen LogP contribution in [0, 0.1) is 13.7 Å². The van der Waals surface area contributed by atoms with Gasteiger partial charge in [-0.15, -0.1) is 0 Å². The number of nitro groups is 1. The van der Waals surface area contributed by atoms with Gasteiger partial charge in [-0.3, -0.25) is 19.5 Å². The molecule has 1 aliphatic heterocycles. The minimum atomic E-state index is -0.881. The molecule has 40 heavy (non-hydrogen) atoms. The monoisotopic (exact) mass is 679 g/mol. The number of halogens is 1. The molecule has 0 saturated heterocycles.